The minimum atomic E-state index is -0.786. The molecule has 0 bridgehead atoms. The van der Waals surface area contributed by atoms with Crippen LogP contribution in [0.15, 0.2) is 24.4 Å². The molecule has 2 aromatic rings. The van der Waals surface area contributed by atoms with Crippen molar-refractivity contribution in [2.24, 2.45) is 5.92 Å². The van der Waals surface area contributed by atoms with Gasteiger partial charge >= 0.3 is 5.97 Å². The molecular weight excluding hydrogens is 272 g/mol. The first kappa shape index (κ1) is 13.5. The monoisotopic (exact) mass is 288 g/mol. The zero-order valence-corrected chi connectivity index (χ0v) is 11.6. The van der Waals surface area contributed by atoms with Crippen LogP contribution in [0, 0.1) is 5.92 Å². The molecule has 1 aliphatic heterocycles. The van der Waals surface area contributed by atoms with Gasteiger partial charge in [-0.1, -0.05) is 6.92 Å². The van der Waals surface area contributed by atoms with Gasteiger partial charge in [0.15, 0.2) is 11.5 Å². The lowest BCUT2D eigenvalue weighted by Gasteiger charge is -2.11. The molecule has 3 rings (SSSR count). The smallest absolute Gasteiger partial charge is 0.306 e. The summed E-state index contributed by atoms with van der Waals surface area (Å²) in [5, 5.41) is 14.0. The van der Waals surface area contributed by atoms with Crippen LogP contribution in [-0.2, 0) is 4.79 Å². The summed E-state index contributed by atoms with van der Waals surface area (Å²) in [6, 6.07) is 5.72. The van der Waals surface area contributed by atoms with Crippen LogP contribution in [0.1, 0.15) is 13.3 Å². The van der Waals surface area contributed by atoms with Crippen molar-refractivity contribution in [1.29, 1.82) is 0 Å². The molecule has 1 aromatic carbocycles. The number of aliphatic carboxylic acids is 1. The van der Waals surface area contributed by atoms with Gasteiger partial charge in [-0.05, 0) is 30.0 Å². The maximum atomic E-state index is 10.8. The summed E-state index contributed by atoms with van der Waals surface area (Å²) in [7, 11) is 0. The van der Waals surface area contributed by atoms with Crippen molar-refractivity contribution in [3.05, 3.63) is 24.4 Å². The van der Waals surface area contributed by atoms with Gasteiger partial charge in [0.1, 0.15) is 5.82 Å². The van der Waals surface area contributed by atoms with E-state index in [9.17, 15) is 4.79 Å². The van der Waals surface area contributed by atoms with E-state index in [0.29, 0.717) is 18.7 Å². The number of carboxylic acids is 1. The van der Waals surface area contributed by atoms with E-state index in [2.05, 4.69) is 10.3 Å². The van der Waals surface area contributed by atoms with Gasteiger partial charge in [0.2, 0.25) is 6.79 Å². The van der Waals surface area contributed by atoms with Crippen molar-refractivity contribution in [2.45, 2.75) is 13.3 Å². The van der Waals surface area contributed by atoms with E-state index in [-0.39, 0.29) is 12.7 Å². The standard InChI is InChI=1S/C15H16N2O4/c1-9(15(18)19)2-4-16-14-11-7-13-12(20-8-21-13)6-10(11)3-5-17-14/h3,5-7,9H,2,4,8H2,1H3,(H,16,17)(H,18,19). The lowest BCUT2D eigenvalue weighted by atomic mass is 10.1. The summed E-state index contributed by atoms with van der Waals surface area (Å²) >= 11 is 0. The molecule has 1 aromatic heterocycles. The summed E-state index contributed by atoms with van der Waals surface area (Å²) in [5.41, 5.74) is 0. The van der Waals surface area contributed by atoms with Gasteiger partial charge in [0.05, 0.1) is 5.92 Å². The number of ether oxygens (including phenoxy) is 2. The molecule has 1 unspecified atom stereocenters. The van der Waals surface area contributed by atoms with Crippen molar-refractivity contribution in [1.82, 2.24) is 4.98 Å². The number of hydrogen-bond acceptors (Lipinski definition) is 5. The molecule has 0 saturated heterocycles. The van der Waals surface area contributed by atoms with Gasteiger partial charge in [-0.3, -0.25) is 4.79 Å². The Bertz CT molecular complexity index is 687. The lowest BCUT2D eigenvalue weighted by Crippen LogP contribution is -2.14. The summed E-state index contributed by atoms with van der Waals surface area (Å²) in [6.45, 7) is 2.48. The zero-order valence-electron chi connectivity index (χ0n) is 11.6. The Morgan fingerprint density at radius 3 is 2.95 bits per heavy atom. The number of nitrogens with one attached hydrogen (secondary N) is 1. The SMILES string of the molecule is CC(CCNc1nccc2cc3c(cc12)OCO3)C(=O)O. The highest BCUT2D eigenvalue weighted by Crippen LogP contribution is 2.37. The van der Waals surface area contributed by atoms with Crippen LogP contribution in [0.3, 0.4) is 0 Å². The molecule has 110 valence electrons. The quantitative estimate of drug-likeness (QED) is 0.879. The second kappa shape index (κ2) is 5.47. The number of aromatic nitrogens is 1. The van der Waals surface area contributed by atoms with Gasteiger partial charge in [-0.2, -0.15) is 0 Å². The minimum Gasteiger partial charge on any atom is -0.481 e. The van der Waals surface area contributed by atoms with E-state index >= 15 is 0 Å². The Hall–Kier alpha value is -2.50. The van der Waals surface area contributed by atoms with Crippen LogP contribution >= 0.6 is 0 Å². The topological polar surface area (TPSA) is 80.7 Å². The highest BCUT2D eigenvalue weighted by atomic mass is 16.7. The van der Waals surface area contributed by atoms with Crippen LogP contribution in [0.2, 0.25) is 0 Å². The molecule has 6 heteroatoms. The molecule has 2 heterocycles. The number of carboxylic acid groups (broad SMARTS) is 1. The van der Waals surface area contributed by atoms with Gasteiger partial charge in [-0.15, -0.1) is 0 Å². The van der Waals surface area contributed by atoms with Crippen molar-refractivity contribution in [3.8, 4) is 11.5 Å². The first-order valence-corrected chi connectivity index (χ1v) is 6.80. The Kier molecular flexibility index (Phi) is 3.51. The second-order valence-corrected chi connectivity index (χ2v) is 5.04. The molecule has 1 aliphatic rings. The van der Waals surface area contributed by atoms with E-state index in [1.807, 2.05) is 18.2 Å². The van der Waals surface area contributed by atoms with E-state index in [4.69, 9.17) is 14.6 Å². The number of nitrogens with zero attached hydrogens (tertiary/aromatic N) is 1. The summed E-state index contributed by atoms with van der Waals surface area (Å²) in [5.74, 6) is 1.000. The Balaban J connectivity index is 1.80. The van der Waals surface area contributed by atoms with Crippen molar-refractivity contribution < 1.29 is 19.4 Å². The number of rotatable bonds is 5. The molecule has 1 atom stereocenters. The van der Waals surface area contributed by atoms with Crippen LogP contribution < -0.4 is 14.8 Å². The number of anilines is 1. The maximum absolute atomic E-state index is 10.8. The molecule has 6 nitrogen and oxygen atoms in total. The third-order valence-electron chi connectivity index (χ3n) is 3.55. The highest BCUT2D eigenvalue weighted by molar-refractivity contribution is 5.94. The predicted molar refractivity (Wildman–Crippen MR) is 77.8 cm³/mol. The number of hydrogen-bond donors (Lipinski definition) is 2. The molecule has 0 fully saturated rings. The van der Waals surface area contributed by atoms with Gasteiger partial charge in [0, 0.05) is 18.1 Å². The first-order valence-electron chi connectivity index (χ1n) is 6.80. The highest BCUT2D eigenvalue weighted by Gasteiger charge is 2.16. The molecule has 0 radical (unpaired) electrons. The minimum absolute atomic E-state index is 0.234. The van der Waals surface area contributed by atoms with Crippen LogP contribution in [0.25, 0.3) is 10.8 Å². The van der Waals surface area contributed by atoms with Gasteiger partial charge in [-0.25, -0.2) is 4.98 Å². The molecule has 0 saturated carbocycles. The van der Waals surface area contributed by atoms with E-state index in [1.54, 1.807) is 13.1 Å². The van der Waals surface area contributed by atoms with Crippen LogP contribution in [0.4, 0.5) is 5.82 Å². The van der Waals surface area contributed by atoms with E-state index in [1.165, 1.54) is 0 Å². The Labute approximate surface area is 121 Å². The fourth-order valence-corrected chi connectivity index (χ4v) is 2.23. The van der Waals surface area contributed by atoms with E-state index in [0.717, 1.165) is 22.3 Å². The third-order valence-corrected chi connectivity index (χ3v) is 3.55. The number of fused-ring (bicyclic) bond motifs is 2. The number of benzene rings is 1. The molecule has 21 heavy (non-hydrogen) atoms. The van der Waals surface area contributed by atoms with Crippen molar-refractivity contribution in [2.75, 3.05) is 18.7 Å². The predicted octanol–water partition coefficient (Wildman–Crippen LogP) is 2.49. The third kappa shape index (κ3) is 2.69. The number of pyridine rings is 1. The Morgan fingerprint density at radius 1 is 1.43 bits per heavy atom. The Morgan fingerprint density at radius 2 is 2.19 bits per heavy atom. The molecule has 0 aliphatic carbocycles. The molecular formula is C15H16N2O4. The molecule has 0 spiro atoms. The van der Waals surface area contributed by atoms with Crippen molar-refractivity contribution >= 4 is 22.6 Å². The first-order chi connectivity index (χ1) is 10.1. The number of carbonyl (C=O) groups is 1. The van der Waals surface area contributed by atoms with Crippen molar-refractivity contribution in [3.63, 3.8) is 0 Å². The van der Waals surface area contributed by atoms with E-state index < -0.39 is 5.97 Å². The summed E-state index contributed by atoms with van der Waals surface area (Å²) in [6.07, 6.45) is 2.26. The summed E-state index contributed by atoms with van der Waals surface area (Å²) in [4.78, 5) is 15.1. The van der Waals surface area contributed by atoms with Crippen LogP contribution in [-0.4, -0.2) is 29.4 Å². The van der Waals surface area contributed by atoms with Gasteiger partial charge in [0.25, 0.3) is 0 Å². The molecule has 2 N–H and O–H groups in total. The average Bonchev–Trinajstić information content (AvgIpc) is 2.92. The second-order valence-electron chi connectivity index (χ2n) is 5.04. The zero-order chi connectivity index (χ0) is 14.8. The average molecular weight is 288 g/mol. The fraction of sp³-hybridized carbons (Fsp3) is 0.333. The summed E-state index contributed by atoms with van der Waals surface area (Å²) < 4.78 is 10.7. The van der Waals surface area contributed by atoms with Crippen LogP contribution in [0.5, 0.6) is 11.5 Å². The fourth-order valence-electron chi connectivity index (χ4n) is 2.23. The molecule has 0 amide bonds. The normalized spacial score (nSPS) is 14.1. The maximum Gasteiger partial charge on any atom is 0.306 e. The largest absolute Gasteiger partial charge is 0.481 e. The lowest BCUT2D eigenvalue weighted by molar-refractivity contribution is -0.141. The van der Waals surface area contributed by atoms with Gasteiger partial charge < -0.3 is 19.9 Å².